The lowest BCUT2D eigenvalue weighted by Gasteiger charge is -2.23. The molecule has 1 amide bonds. The molecule has 2 N–H and O–H groups in total. The number of rotatable bonds is 5. The van der Waals surface area contributed by atoms with Crippen molar-refractivity contribution < 1.29 is 19.4 Å². The van der Waals surface area contributed by atoms with Gasteiger partial charge in [-0.25, -0.2) is 4.79 Å². The molecule has 0 aliphatic carbocycles. The molecule has 1 aliphatic heterocycles. The maximum absolute atomic E-state index is 11.8. The summed E-state index contributed by atoms with van der Waals surface area (Å²) in [5.41, 5.74) is 0. The number of hydrogen-bond acceptors (Lipinski definition) is 3. The summed E-state index contributed by atoms with van der Waals surface area (Å²) in [6.45, 7) is 3.07. The number of carbonyl (C=O) groups excluding carboxylic acids is 1. The Morgan fingerprint density at radius 2 is 2.06 bits per heavy atom. The summed E-state index contributed by atoms with van der Waals surface area (Å²) in [6.07, 6.45) is 2.59. The van der Waals surface area contributed by atoms with Gasteiger partial charge in [-0.05, 0) is 19.3 Å². The van der Waals surface area contributed by atoms with Crippen molar-refractivity contribution in [1.29, 1.82) is 0 Å². The Balaban J connectivity index is 2.43. The van der Waals surface area contributed by atoms with Gasteiger partial charge in [-0.1, -0.05) is 13.3 Å². The molecule has 0 radical (unpaired) electrons. The van der Waals surface area contributed by atoms with Gasteiger partial charge < -0.3 is 15.2 Å². The van der Waals surface area contributed by atoms with Gasteiger partial charge in [0.1, 0.15) is 6.04 Å². The first-order valence-electron chi connectivity index (χ1n) is 5.76. The van der Waals surface area contributed by atoms with Crippen molar-refractivity contribution in [2.75, 3.05) is 13.2 Å². The Labute approximate surface area is 95.2 Å². The van der Waals surface area contributed by atoms with Gasteiger partial charge in [0.05, 0.1) is 0 Å². The van der Waals surface area contributed by atoms with Crippen LogP contribution in [0.3, 0.4) is 0 Å². The van der Waals surface area contributed by atoms with E-state index in [0.29, 0.717) is 32.5 Å². The van der Waals surface area contributed by atoms with E-state index in [2.05, 4.69) is 5.32 Å². The average Bonchev–Trinajstić information content (AvgIpc) is 2.29. The van der Waals surface area contributed by atoms with Crippen LogP contribution >= 0.6 is 0 Å². The van der Waals surface area contributed by atoms with E-state index in [0.717, 1.165) is 6.42 Å². The Morgan fingerprint density at radius 1 is 1.44 bits per heavy atom. The molecule has 0 aromatic heterocycles. The Kier molecular flexibility index (Phi) is 5.25. The quantitative estimate of drug-likeness (QED) is 0.730. The third-order valence-electron chi connectivity index (χ3n) is 2.78. The van der Waals surface area contributed by atoms with Gasteiger partial charge >= 0.3 is 5.97 Å². The number of amides is 1. The predicted molar refractivity (Wildman–Crippen MR) is 58.0 cm³/mol. The number of hydrogen-bond donors (Lipinski definition) is 2. The minimum atomic E-state index is -0.956. The van der Waals surface area contributed by atoms with Crippen LogP contribution in [0.25, 0.3) is 0 Å². The van der Waals surface area contributed by atoms with Crippen molar-refractivity contribution in [2.45, 2.75) is 38.6 Å². The summed E-state index contributed by atoms with van der Waals surface area (Å²) in [5, 5.41) is 11.5. The van der Waals surface area contributed by atoms with E-state index in [1.54, 1.807) is 0 Å². The lowest BCUT2D eigenvalue weighted by Crippen LogP contribution is -2.44. The molecule has 16 heavy (non-hydrogen) atoms. The van der Waals surface area contributed by atoms with Crippen molar-refractivity contribution >= 4 is 11.9 Å². The van der Waals surface area contributed by atoms with E-state index >= 15 is 0 Å². The minimum absolute atomic E-state index is 0.0903. The van der Waals surface area contributed by atoms with E-state index in [1.807, 2.05) is 6.92 Å². The molecule has 0 spiro atoms. The summed E-state index contributed by atoms with van der Waals surface area (Å²) in [5.74, 6) is -1.20. The van der Waals surface area contributed by atoms with E-state index in [4.69, 9.17) is 9.84 Å². The van der Waals surface area contributed by atoms with E-state index in [-0.39, 0.29) is 11.8 Å². The van der Waals surface area contributed by atoms with Crippen LogP contribution in [0.5, 0.6) is 0 Å². The summed E-state index contributed by atoms with van der Waals surface area (Å²) >= 11 is 0. The molecule has 0 aromatic carbocycles. The molecule has 0 unspecified atom stereocenters. The van der Waals surface area contributed by atoms with Gasteiger partial charge in [-0.15, -0.1) is 0 Å². The van der Waals surface area contributed by atoms with Crippen LogP contribution in [0, 0.1) is 5.92 Å². The van der Waals surface area contributed by atoms with E-state index < -0.39 is 12.0 Å². The fourth-order valence-corrected chi connectivity index (χ4v) is 1.80. The molecule has 0 aromatic rings. The average molecular weight is 229 g/mol. The maximum Gasteiger partial charge on any atom is 0.326 e. The Morgan fingerprint density at radius 3 is 2.56 bits per heavy atom. The summed E-state index contributed by atoms with van der Waals surface area (Å²) in [6, 6.07) is -0.750. The molecule has 1 heterocycles. The van der Waals surface area contributed by atoms with Gasteiger partial charge in [0.2, 0.25) is 5.91 Å². The Bertz CT molecular complexity index is 248. The fourth-order valence-electron chi connectivity index (χ4n) is 1.80. The van der Waals surface area contributed by atoms with Crippen LogP contribution in [-0.2, 0) is 14.3 Å². The third-order valence-corrected chi connectivity index (χ3v) is 2.78. The van der Waals surface area contributed by atoms with Crippen molar-refractivity contribution in [3.05, 3.63) is 0 Å². The normalized spacial score (nSPS) is 19.1. The zero-order valence-corrected chi connectivity index (χ0v) is 9.57. The monoisotopic (exact) mass is 229 g/mol. The largest absolute Gasteiger partial charge is 0.480 e. The van der Waals surface area contributed by atoms with E-state index in [9.17, 15) is 9.59 Å². The van der Waals surface area contributed by atoms with Crippen LogP contribution in [0.2, 0.25) is 0 Å². The molecule has 1 rings (SSSR count). The number of carboxylic acid groups (broad SMARTS) is 1. The topological polar surface area (TPSA) is 75.6 Å². The summed E-state index contributed by atoms with van der Waals surface area (Å²) in [4.78, 5) is 22.6. The lowest BCUT2D eigenvalue weighted by atomic mass is 9.98. The molecular weight excluding hydrogens is 210 g/mol. The highest BCUT2D eigenvalue weighted by atomic mass is 16.5. The smallest absolute Gasteiger partial charge is 0.326 e. The van der Waals surface area contributed by atoms with Crippen LogP contribution in [-0.4, -0.2) is 36.2 Å². The summed E-state index contributed by atoms with van der Waals surface area (Å²) in [7, 11) is 0. The minimum Gasteiger partial charge on any atom is -0.480 e. The number of carboxylic acids is 1. The molecule has 0 bridgehead atoms. The van der Waals surface area contributed by atoms with Crippen LogP contribution < -0.4 is 5.32 Å². The number of aliphatic carboxylic acids is 1. The van der Waals surface area contributed by atoms with Crippen molar-refractivity contribution in [3.8, 4) is 0 Å². The third kappa shape index (κ3) is 3.81. The first-order valence-corrected chi connectivity index (χ1v) is 5.76. The van der Waals surface area contributed by atoms with Crippen LogP contribution in [0.4, 0.5) is 0 Å². The molecule has 92 valence electrons. The second-order valence-corrected chi connectivity index (χ2v) is 4.07. The standard InChI is InChI=1S/C11H19NO4/c1-2-3-9(11(14)15)12-10(13)8-4-6-16-7-5-8/h8-9H,2-7H2,1H3,(H,12,13)(H,14,15)/t9-/m1/s1. The number of nitrogens with one attached hydrogen (secondary N) is 1. The maximum atomic E-state index is 11.8. The predicted octanol–water partition coefficient (Wildman–Crippen LogP) is 0.782. The highest BCUT2D eigenvalue weighted by Crippen LogP contribution is 2.15. The van der Waals surface area contributed by atoms with Crippen molar-refractivity contribution in [3.63, 3.8) is 0 Å². The first-order chi connectivity index (χ1) is 7.65. The highest BCUT2D eigenvalue weighted by Gasteiger charge is 2.25. The second-order valence-electron chi connectivity index (χ2n) is 4.07. The number of carbonyl (C=O) groups is 2. The molecule has 5 heteroatoms. The van der Waals surface area contributed by atoms with Gasteiger partial charge in [0.15, 0.2) is 0 Å². The second kappa shape index (κ2) is 6.48. The zero-order chi connectivity index (χ0) is 12.0. The molecule has 1 fully saturated rings. The van der Waals surface area contributed by atoms with Crippen molar-refractivity contribution in [1.82, 2.24) is 5.32 Å². The van der Waals surface area contributed by atoms with Gasteiger partial charge in [0.25, 0.3) is 0 Å². The zero-order valence-electron chi connectivity index (χ0n) is 9.57. The molecular formula is C11H19NO4. The SMILES string of the molecule is CCC[C@@H](NC(=O)C1CCOCC1)C(=O)O. The molecule has 5 nitrogen and oxygen atoms in total. The van der Waals surface area contributed by atoms with Gasteiger partial charge in [0, 0.05) is 19.1 Å². The number of ether oxygens (including phenoxy) is 1. The first kappa shape index (κ1) is 13.0. The summed E-state index contributed by atoms with van der Waals surface area (Å²) < 4.78 is 5.15. The van der Waals surface area contributed by atoms with Crippen LogP contribution in [0.1, 0.15) is 32.6 Å². The molecule has 1 atom stereocenters. The highest BCUT2D eigenvalue weighted by molar-refractivity contribution is 5.84. The molecule has 0 saturated carbocycles. The molecule has 1 saturated heterocycles. The fraction of sp³-hybridized carbons (Fsp3) is 0.818. The van der Waals surface area contributed by atoms with E-state index in [1.165, 1.54) is 0 Å². The lowest BCUT2D eigenvalue weighted by molar-refractivity contribution is -0.143. The van der Waals surface area contributed by atoms with Gasteiger partial charge in [-0.2, -0.15) is 0 Å². The van der Waals surface area contributed by atoms with Crippen molar-refractivity contribution in [2.24, 2.45) is 5.92 Å². The molecule has 1 aliphatic rings. The van der Waals surface area contributed by atoms with Gasteiger partial charge in [-0.3, -0.25) is 4.79 Å². The Hall–Kier alpha value is -1.10. The van der Waals surface area contributed by atoms with Crippen LogP contribution in [0.15, 0.2) is 0 Å².